The van der Waals surface area contributed by atoms with Gasteiger partial charge in [-0.05, 0) is 41.8 Å². The molecule has 0 bridgehead atoms. The number of nitrogens with zero attached hydrogens (tertiary/aromatic N) is 1. The maximum absolute atomic E-state index is 13.1. The van der Waals surface area contributed by atoms with Gasteiger partial charge in [0, 0.05) is 6.54 Å². The van der Waals surface area contributed by atoms with Gasteiger partial charge < -0.3 is 20.8 Å². The molecule has 154 valence electrons. The van der Waals surface area contributed by atoms with Gasteiger partial charge in [0.2, 0.25) is 0 Å². The lowest BCUT2D eigenvalue weighted by molar-refractivity contribution is -0.162. The molecule has 1 heterocycles. The smallest absolute Gasteiger partial charge is 0.338 e. The molecule has 0 spiro atoms. The first kappa shape index (κ1) is 20.7. The number of primary amides is 1. The summed E-state index contributed by atoms with van der Waals surface area (Å²) in [6.07, 6.45) is -0.284. The lowest BCUT2D eigenvalue weighted by Gasteiger charge is -2.40. The number of amides is 2. The number of carbonyl (C=O) groups excluding carboxylic acids is 1. The molecular weight excluding hydrogens is 403 g/mol. The van der Waals surface area contributed by atoms with Crippen LogP contribution in [0.1, 0.15) is 6.42 Å². The number of aliphatic carboxylic acids is 1. The maximum atomic E-state index is 13.1. The number of sulfone groups is 1. The van der Waals surface area contributed by atoms with Crippen LogP contribution in [0.2, 0.25) is 0 Å². The van der Waals surface area contributed by atoms with Gasteiger partial charge in [0.1, 0.15) is 11.1 Å². The van der Waals surface area contributed by atoms with E-state index < -0.39 is 45.1 Å². The van der Waals surface area contributed by atoms with Gasteiger partial charge in [0.25, 0.3) is 0 Å². The Labute approximate surface area is 166 Å². The van der Waals surface area contributed by atoms with Gasteiger partial charge in [-0.1, -0.05) is 24.3 Å². The van der Waals surface area contributed by atoms with E-state index in [2.05, 4.69) is 0 Å². The molecule has 8 nitrogen and oxygen atoms in total. The number of nitrogens with two attached hydrogens (primary N) is 1. The van der Waals surface area contributed by atoms with E-state index in [1.165, 1.54) is 36.4 Å². The highest BCUT2D eigenvalue weighted by atomic mass is 32.2. The number of piperidine rings is 1. The summed E-state index contributed by atoms with van der Waals surface area (Å²) in [6, 6.07) is 10.3. The number of benzene rings is 2. The molecule has 29 heavy (non-hydrogen) atoms. The molecule has 3 rings (SSSR count). The van der Waals surface area contributed by atoms with Crippen molar-refractivity contribution < 1.29 is 32.6 Å². The summed E-state index contributed by atoms with van der Waals surface area (Å²) in [5.41, 5.74) is 3.77. The Morgan fingerprint density at radius 3 is 2.07 bits per heavy atom. The van der Waals surface area contributed by atoms with Crippen molar-refractivity contribution in [2.45, 2.75) is 22.2 Å². The zero-order chi connectivity index (χ0) is 21.4. The lowest BCUT2D eigenvalue weighted by Crippen LogP contribution is -2.65. The third-order valence-electron chi connectivity index (χ3n) is 5.04. The van der Waals surface area contributed by atoms with Gasteiger partial charge in [-0.15, -0.1) is 0 Å². The minimum atomic E-state index is -4.24. The fraction of sp³-hybridized carbons (Fsp3) is 0.263. The molecule has 2 atom stereocenters. The fourth-order valence-corrected chi connectivity index (χ4v) is 5.38. The standard InChI is InChI=1S/C19H19FN2O6S/c20-14-5-1-12(2-6-14)13-3-7-15(8-4-13)29(27,28)16-9-10-22(18(21)25)11-19(16,26)17(23)24/h1-8,16,26H,9-11H2,(H2,21,25)(H,23,24). The van der Waals surface area contributed by atoms with Crippen molar-refractivity contribution in [3.8, 4) is 11.1 Å². The summed E-state index contributed by atoms with van der Waals surface area (Å²) in [4.78, 5) is 23.8. The predicted octanol–water partition coefficient (Wildman–Crippen LogP) is 1.24. The zero-order valence-electron chi connectivity index (χ0n) is 15.2. The second kappa shape index (κ2) is 7.45. The molecule has 1 aliphatic heterocycles. The third kappa shape index (κ3) is 3.81. The van der Waals surface area contributed by atoms with E-state index in [0.29, 0.717) is 11.1 Å². The topological polar surface area (TPSA) is 138 Å². The number of carboxylic acid groups (broad SMARTS) is 1. The van der Waals surface area contributed by atoms with Gasteiger partial charge in [-0.3, -0.25) is 0 Å². The van der Waals surface area contributed by atoms with Crippen LogP contribution < -0.4 is 5.73 Å². The molecule has 2 unspecified atom stereocenters. The van der Waals surface area contributed by atoms with Crippen LogP contribution in [0.15, 0.2) is 53.4 Å². The monoisotopic (exact) mass is 422 g/mol. The number of aliphatic hydroxyl groups is 1. The van der Waals surface area contributed by atoms with Crippen LogP contribution in [0.3, 0.4) is 0 Å². The summed E-state index contributed by atoms with van der Waals surface area (Å²) in [5, 5.41) is 18.4. The van der Waals surface area contributed by atoms with E-state index in [1.807, 2.05) is 0 Å². The fourth-order valence-electron chi connectivity index (χ4n) is 3.43. The number of rotatable bonds is 4. The van der Waals surface area contributed by atoms with Crippen LogP contribution in [0, 0.1) is 5.82 Å². The van der Waals surface area contributed by atoms with Crippen molar-refractivity contribution in [2.75, 3.05) is 13.1 Å². The van der Waals surface area contributed by atoms with Crippen molar-refractivity contribution >= 4 is 21.8 Å². The molecule has 2 aromatic carbocycles. The number of halogens is 1. The Kier molecular flexibility index (Phi) is 5.33. The molecule has 0 aliphatic carbocycles. The molecular formula is C19H19FN2O6S. The van der Waals surface area contributed by atoms with Gasteiger partial charge in [0.05, 0.1) is 11.4 Å². The number of carboxylic acids is 1. The largest absolute Gasteiger partial charge is 0.479 e. The van der Waals surface area contributed by atoms with E-state index in [4.69, 9.17) is 5.73 Å². The van der Waals surface area contributed by atoms with E-state index in [0.717, 1.165) is 4.90 Å². The van der Waals surface area contributed by atoms with Crippen LogP contribution in [0.25, 0.3) is 11.1 Å². The Balaban J connectivity index is 1.94. The van der Waals surface area contributed by atoms with Crippen molar-refractivity contribution in [2.24, 2.45) is 5.73 Å². The van der Waals surface area contributed by atoms with Crippen LogP contribution >= 0.6 is 0 Å². The van der Waals surface area contributed by atoms with Crippen LogP contribution in [0.4, 0.5) is 9.18 Å². The average Bonchev–Trinajstić information content (AvgIpc) is 2.68. The van der Waals surface area contributed by atoms with E-state index >= 15 is 0 Å². The molecule has 0 saturated carbocycles. The predicted molar refractivity (Wildman–Crippen MR) is 101 cm³/mol. The summed E-state index contributed by atoms with van der Waals surface area (Å²) in [5.74, 6) is -2.15. The molecule has 4 N–H and O–H groups in total. The maximum Gasteiger partial charge on any atom is 0.338 e. The van der Waals surface area contributed by atoms with Gasteiger partial charge >= 0.3 is 12.0 Å². The Morgan fingerprint density at radius 1 is 1.07 bits per heavy atom. The van der Waals surface area contributed by atoms with E-state index in [9.17, 15) is 32.6 Å². The van der Waals surface area contributed by atoms with E-state index in [-0.39, 0.29) is 17.9 Å². The number of likely N-dealkylation sites (tertiary alicyclic amines) is 1. The van der Waals surface area contributed by atoms with Crippen LogP contribution in [-0.4, -0.2) is 59.5 Å². The molecule has 2 aromatic rings. The number of hydrogen-bond donors (Lipinski definition) is 3. The molecule has 1 saturated heterocycles. The second-order valence-electron chi connectivity index (χ2n) is 6.84. The SMILES string of the molecule is NC(=O)N1CCC(S(=O)(=O)c2ccc(-c3ccc(F)cc3)cc2)C(O)(C(=O)O)C1. The first-order chi connectivity index (χ1) is 13.6. The normalized spacial score (nSPS) is 22.3. The Hall–Kier alpha value is -2.98. The molecule has 0 aromatic heterocycles. The van der Waals surface area contributed by atoms with Crippen LogP contribution in [0.5, 0.6) is 0 Å². The molecule has 1 aliphatic rings. The Morgan fingerprint density at radius 2 is 1.59 bits per heavy atom. The molecule has 10 heteroatoms. The minimum Gasteiger partial charge on any atom is -0.479 e. The number of β-amino-alcohol motifs (C(OH)–C–C–N with tert-alkyl or cyclic N) is 1. The number of hydrogen-bond acceptors (Lipinski definition) is 5. The summed E-state index contributed by atoms with van der Waals surface area (Å²) < 4.78 is 39.2. The highest BCUT2D eigenvalue weighted by Crippen LogP contribution is 2.33. The molecule has 0 radical (unpaired) electrons. The third-order valence-corrected chi connectivity index (χ3v) is 7.35. The minimum absolute atomic E-state index is 0.0948. The van der Waals surface area contributed by atoms with Crippen LogP contribution in [-0.2, 0) is 14.6 Å². The highest BCUT2D eigenvalue weighted by Gasteiger charge is 2.55. The quantitative estimate of drug-likeness (QED) is 0.678. The van der Waals surface area contributed by atoms with Crippen molar-refractivity contribution in [3.05, 3.63) is 54.3 Å². The first-order valence-corrected chi connectivity index (χ1v) is 10.2. The second-order valence-corrected chi connectivity index (χ2v) is 8.97. The lowest BCUT2D eigenvalue weighted by atomic mass is 9.92. The zero-order valence-corrected chi connectivity index (χ0v) is 16.0. The summed E-state index contributed by atoms with van der Waals surface area (Å²) in [6.45, 7) is -0.822. The molecule has 2 amide bonds. The number of carbonyl (C=O) groups is 2. The molecule has 1 fully saturated rings. The first-order valence-electron chi connectivity index (χ1n) is 8.66. The summed E-state index contributed by atoms with van der Waals surface area (Å²) >= 11 is 0. The van der Waals surface area contributed by atoms with Crippen molar-refractivity contribution in [1.82, 2.24) is 4.90 Å². The number of urea groups is 1. The summed E-state index contributed by atoms with van der Waals surface area (Å²) in [7, 11) is -4.24. The average molecular weight is 422 g/mol. The Bertz CT molecular complexity index is 1040. The van der Waals surface area contributed by atoms with Gasteiger partial charge in [-0.2, -0.15) is 0 Å². The van der Waals surface area contributed by atoms with E-state index in [1.54, 1.807) is 12.1 Å². The van der Waals surface area contributed by atoms with Gasteiger partial charge in [0.15, 0.2) is 15.4 Å². The van der Waals surface area contributed by atoms with Crippen molar-refractivity contribution in [3.63, 3.8) is 0 Å². The highest BCUT2D eigenvalue weighted by molar-refractivity contribution is 7.92. The van der Waals surface area contributed by atoms with Gasteiger partial charge in [-0.25, -0.2) is 22.4 Å². The van der Waals surface area contributed by atoms with Crippen molar-refractivity contribution in [1.29, 1.82) is 0 Å².